The Bertz CT molecular complexity index is 569. The zero-order chi connectivity index (χ0) is 13.8. The van der Waals surface area contributed by atoms with Crippen LogP contribution in [-0.4, -0.2) is 6.54 Å². The summed E-state index contributed by atoms with van der Waals surface area (Å²) in [6, 6.07) is 8.08. The summed E-state index contributed by atoms with van der Waals surface area (Å²) in [4.78, 5) is 0. The quantitative estimate of drug-likeness (QED) is 0.923. The number of halogens is 3. The van der Waals surface area contributed by atoms with Crippen LogP contribution in [0.15, 0.2) is 36.4 Å². The lowest BCUT2D eigenvalue weighted by molar-refractivity contribution is 0.463. The van der Waals surface area contributed by atoms with Gasteiger partial charge in [-0.15, -0.1) is 0 Å². The molecule has 0 saturated heterocycles. The summed E-state index contributed by atoms with van der Waals surface area (Å²) >= 11 is 5.89. The predicted molar refractivity (Wildman–Crippen MR) is 70.6 cm³/mol. The topological polar surface area (TPSA) is 35.2 Å². The van der Waals surface area contributed by atoms with E-state index in [4.69, 9.17) is 22.1 Å². The van der Waals surface area contributed by atoms with Crippen LogP contribution in [0.5, 0.6) is 11.5 Å². The second-order valence-electron chi connectivity index (χ2n) is 4.00. The summed E-state index contributed by atoms with van der Waals surface area (Å²) in [7, 11) is 0. The minimum atomic E-state index is -0.697. The van der Waals surface area contributed by atoms with Gasteiger partial charge in [0.15, 0.2) is 0 Å². The number of ether oxygens (including phenoxy) is 1. The van der Waals surface area contributed by atoms with Gasteiger partial charge in [-0.05, 0) is 30.7 Å². The van der Waals surface area contributed by atoms with Gasteiger partial charge in [0.05, 0.1) is 0 Å². The number of hydrogen-bond acceptors (Lipinski definition) is 2. The molecule has 0 fully saturated rings. The van der Waals surface area contributed by atoms with Crippen molar-refractivity contribution in [3.8, 4) is 11.5 Å². The lowest BCUT2D eigenvalue weighted by atomic mass is 10.1. The molecule has 100 valence electrons. The second kappa shape index (κ2) is 5.99. The molecule has 0 aromatic heterocycles. The fraction of sp³-hybridized carbons (Fsp3) is 0.143. The standard InChI is InChI=1S/C14H12ClF2NO/c15-10-2-1-9(3-4-18)14(5-10)19-13-7-11(16)6-12(17)8-13/h1-2,5-8H,3-4,18H2. The molecular weight excluding hydrogens is 272 g/mol. The first-order valence-corrected chi connectivity index (χ1v) is 6.09. The lowest BCUT2D eigenvalue weighted by Crippen LogP contribution is -2.04. The first-order valence-electron chi connectivity index (χ1n) is 5.71. The van der Waals surface area contributed by atoms with Gasteiger partial charge in [0, 0.05) is 23.2 Å². The summed E-state index contributed by atoms with van der Waals surface area (Å²) in [5.41, 5.74) is 6.33. The summed E-state index contributed by atoms with van der Waals surface area (Å²) in [5.74, 6) is -0.865. The maximum absolute atomic E-state index is 13.1. The molecule has 2 nitrogen and oxygen atoms in total. The molecule has 0 unspecified atom stereocenters. The highest BCUT2D eigenvalue weighted by Gasteiger charge is 2.08. The zero-order valence-corrected chi connectivity index (χ0v) is 10.8. The number of nitrogens with two attached hydrogens (primary N) is 1. The largest absolute Gasteiger partial charge is 0.457 e. The van der Waals surface area contributed by atoms with E-state index in [1.165, 1.54) is 0 Å². The van der Waals surface area contributed by atoms with E-state index in [0.717, 1.165) is 23.8 Å². The third kappa shape index (κ3) is 3.66. The Kier molecular flexibility index (Phi) is 4.35. The average molecular weight is 284 g/mol. The van der Waals surface area contributed by atoms with Crippen molar-refractivity contribution in [3.05, 3.63) is 58.6 Å². The van der Waals surface area contributed by atoms with Crippen molar-refractivity contribution in [2.75, 3.05) is 6.54 Å². The van der Waals surface area contributed by atoms with Crippen molar-refractivity contribution in [3.63, 3.8) is 0 Å². The van der Waals surface area contributed by atoms with Crippen LogP contribution in [0.1, 0.15) is 5.56 Å². The number of benzene rings is 2. The number of rotatable bonds is 4. The van der Waals surface area contributed by atoms with Gasteiger partial charge in [-0.3, -0.25) is 0 Å². The second-order valence-corrected chi connectivity index (χ2v) is 4.43. The molecule has 0 aliphatic carbocycles. The van der Waals surface area contributed by atoms with Crippen LogP contribution in [0.4, 0.5) is 8.78 Å². The van der Waals surface area contributed by atoms with Gasteiger partial charge in [0.25, 0.3) is 0 Å². The molecule has 5 heteroatoms. The molecule has 19 heavy (non-hydrogen) atoms. The molecule has 0 aliphatic heterocycles. The Hall–Kier alpha value is -1.65. The van der Waals surface area contributed by atoms with E-state index >= 15 is 0 Å². The van der Waals surface area contributed by atoms with Crippen molar-refractivity contribution in [2.45, 2.75) is 6.42 Å². The van der Waals surface area contributed by atoms with E-state index in [2.05, 4.69) is 0 Å². The van der Waals surface area contributed by atoms with E-state index in [1.807, 2.05) is 0 Å². The first-order chi connectivity index (χ1) is 9.08. The van der Waals surface area contributed by atoms with E-state index in [0.29, 0.717) is 23.7 Å². The summed E-state index contributed by atoms with van der Waals surface area (Å²) in [5, 5.41) is 0.479. The van der Waals surface area contributed by atoms with Crippen LogP contribution in [0.2, 0.25) is 5.02 Å². The summed E-state index contributed by atoms with van der Waals surface area (Å²) < 4.78 is 31.7. The normalized spacial score (nSPS) is 10.5. The molecule has 0 radical (unpaired) electrons. The molecule has 0 amide bonds. The van der Waals surface area contributed by atoms with Crippen molar-refractivity contribution in [1.29, 1.82) is 0 Å². The van der Waals surface area contributed by atoms with Crippen molar-refractivity contribution in [1.82, 2.24) is 0 Å². The lowest BCUT2D eigenvalue weighted by Gasteiger charge is -2.11. The van der Waals surface area contributed by atoms with E-state index in [-0.39, 0.29) is 5.75 Å². The van der Waals surface area contributed by atoms with Gasteiger partial charge < -0.3 is 10.5 Å². The summed E-state index contributed by atoms with van der Waals surface area (Å²) in [6.07, 6.45) is 0.588. The third-order valence-electron chi connectivity index (χ3n) is 2.51. The maximum atomic E-state index is 13.1. The minimum Gasteiger partial charge on any atom is -0.457 e. The SMILES string of the molecule is NCCc1ccc(Cl)cc1Oc1cc(F)cc(F)c1. The number of hydrogen-bond donors (Lipinski definition) is 1. The van der Waals surface area contributed by atoms with Gasteiger partial charge in [-0.2, -0.15) is 0 Å². The van der Waals surface area contributed by atoms with Crippen LogP contribution < -0.4 is 10.5 Å². The van der Waals surface area contributed by atoms with Gasteiger partial charge in [0.1, 0.15) is 23.1 Å². The Morgan fingerprint density at radius 3 is 2.37 bits per heavy atom. The fourth-order valence-corrected chi connectivity index (χ4v) is 1.86. The Morgan fingerprint density at radius 2 is 1.74 bits per heavy atom. The van der Waals surface area contributed by atoms with Gasteiger partial charge in [-0.25, -0.2) is 8.78 Å². The molecule has 0 atom stereocenters. The Morgan fingerprint density at radius 1 is 1.05 bits per heavy atom. The zero-order valence-electron chi connectivity index (χ0n) is 10.00. The molecule has 0 heterocycles. The van der Waals surface area contributed by atoms with E-state index in [1.54, 1.807) is 18.2 Å². The van der Waals surface area contributed by atoms with E-state index < -0.39 is 11.6 Å². The van der Waals surface area contributed by atoms with Crippen LogP contribution in [0.25, 0.3) is 0 Å². The van der Waals surface area contributed by atoms with Crippen molar-refractivity contribution < 1.29 is 13.5 Å². The van der Waals surface area contributed by atoms with Crippen molar-refractivity contribution in [2.24, 2.45) is 5.73 Å². The molecule has 0 spiro atoms. The fourth-order valence-electron chi connectivity index (χ4n) is 1.70. The highest BCUT2D eigenvalue weighted by atomic mass is 35.5. The molecule has 2 rings (SSSR count). The maximum Gasteiger partial charge on any atom is 0.133 e. The average Bonchev–Trinajstić information content (AvgIpc) is 2.31. The smallest absolute Gasteiger partial charge is 0.133 e. The molecule has 2 aromatic carbocycles. The van der Waals surface area contributed by atoms with Crippen LogP contribution in [0.3, 0.4) is 0 Å². The third-order valence-corrected chi connectivity index (χ3v) is 2.74. The summed E-state index contributed by atoms with van der Waals surface area (Å²) in [6.45, 7) is 0.440. The Labute approximate surface area is 114 Å². The van der Waals surface area contributed by atoms with Crippen LogP contribution in [-0.2, 0) is 6.42 Å². The predicted octanol–water partition coefficient (Wildman–Crippen LogP) is 3.91. The monoisotopic (exact) mass is 283 g/mol. The molecule has 0 bridgehead atoms. The molecule has 2 N–H and O–H groups in total. The van der Waals surface area contributed by atoms with E-state index in [9.17, 15) is 8.78 Å². The highest BCUT2D eigenvalue weighted by molar-refractivity contribution is 6.30. The van der Waals surface area contributed by atoms with Crippen molar-refractivity contribution >= 4 is 11.6 Å². The van der Waals surface area contributed by atoms with Gasteiger partial charge in [0.2, 0.25) is 0 Å². The molecule has 2 aromatic rings. The van der Waals surface area contributed by atoms with Crippen LogP contribution in [0, 0.1) is 11.6 Å². The minimum absolute atomic E-state index is 0.0815. The van der Waals surface area contributed by atoms with Crippen LogP contribution >= 0.6 is 11.6 Å². The molecule has 0 aliphatic rings. The molecule has 0 saturated carbocycles. The highest BCUT2D eigenvalue weighted by Crippen LogP contribution is 2.29. The molecular formula is C14H12ClF2NO. The van der Waals surface area contributed by atoms with Gasteiger partial charge in [-0.1, -0.05) is 17.7 Å². The Balaban J connectivity index is 2.33. The first kappa shape index (κ1) is 13.8. The van der Waals surface area contributed by atoms with Gasteiger partial charge >= 0.3 is 0 Å².